The Labute approximate surface area is 183 Å². The molecule has 0 bridgehead atoms. The highest BCUT2D eigenvalue weighted by molar-refractivity contribution is 6.00. The summed E-state index contributed by atoms with van der Waals surface area (Å²) in [6, 6.07) is 2.32. The van der Waals surface area contributed by atoms with Crippen LogP contribution in [-0.4, -0.2) is 11.9 Å². The van der Waals surface area contributed by atoms with Crippen molar-refractivity contribution in [3.05, 3.63) is 44.5 Å². The van der Waals surface area contributed by atoms with Crippen molar-refractivity contribution in [1.29, 1.82) is 0 Å². The molecule has 0 unspecified atom stereocenters. The Kier molecular flexibility index (Phi) is 6.22. The quantitative estimate of drug-likeness (QED) is 0.528. The first-order chi connectivity index (χ1) is 14.9. The molecule has 0 spiro atoms. The highest BCUT2D eigenvalue weighted by Gasteiger charge is 2.20. The number of benzene rings is 1. The number of amides is 1. The summed E-state index contributed by atoms with van der Waals surface area (Å²) < 4.78 is 11.6. The van der Waals surface area contributed by atoms with Gasteiger partial charge in [-0.05, 0) is 64.2 Å². The first kappa shape index (κ1) is 21.7. The minimum Gasteiger partial charge on any atom is -0.461 e. The highest BCUT2D eigenvalue weighted by atomic mass is 16.4. The van der Waals surface area contributed by atoms with Crippen LogP contribution in [0.15, 0.2) is 19.7 Å². The van der Waals surface area contributed by atoms with Crippen LogP contribution in [0.3, 0.4) is 0 Å². The average molecular weight is 424 g/mol. The second kappa shape index (κ2) is 8.89. The topological polar surface area (TPSA) is 72.5 Å². The Morgan fingerprint density at radius 3 is 2.23 bits per heavy atom. The second-order valence-corrected chi connectivity index (χ2v) is 9.14. The summed E-state index contributed by atoms with van der Waals surface area (Å²) in [4.78, 5) is 25.4. The third-order valence-corrected chi connectivity index (χ3v) is 7.02. The van der Waals surface area contributed by atoms with Gasteiger partial charge in [0.1, 0.15) is 16.9 Å². The summed E-state index contributed by atoms with van der Waals surface area (Å²) in [7, 11) is 0. The van der Waals surface area contributed by atoms with Gasteiger partial charge in [0, 0.05) is 34.4 Å². The molecule has 1 fully saturated rings. The van der Waals surface area contributed by atoms with Crippen molar-refractivity contribution >= 4 is 27.8 Å². The van der Waals surface area contributed by atoms with E-state index in [0.29, 0.717) is 24.0 Å². The minimum absolute atomic E-state index is 0.0254. The van der Waals surface area contributed by atoms with Crippen LogP contribution >= 0.6 is 0 Å². The van der Waals surface area contributed by atoms with Gasteiger partial charge in [-0.2, -0.15) is 0 Å². The van der Waals surface area contributed by atoms with Crippen LogP contribution in [0.4, 0.5) is 0 Å². The minimum atomic E-state index is -0.355. The molecule has 0 aliphatic heterocycles. The number of fused-ring (bicyclic) bond motifs is 2. The maximum Gasteiger partial charge on any atom is 0.339 e. The van der Waals surface area contributed by atoms with E-state index in [4.69, 9.17) is 8.83 Å². The molecule has 31 heavy (non-hydrogen) atoms. The maximum atomic E-state index is 12.8. The lowest BCUT2D eigenvalue weighted by molar-refractivity contribution is -0.121. The molecule has 5 heteroatoms. The Morgan fingerprint density at radius 2 is 1.52 bits per heavy atom. The van der Waals surface area contributed by atoms with Crippen LogP contribution in [0.1, 0.15) is 79.4 Å². The summed E-state index contributed by atoms with van der Waals surface area (Å²) in [5.74, 6) is 0.900. The lowest BCUT2D eigenvalue weighted by atomic mass is 9.96. The molecule has 1 amide bonds. The van der Waals surface area contributed by atoms with E-state index in [9.17, 15) is 9.59 Å². The number of hydrogen-bond donors (Lipinski definition) is 1. The monoisotopic (exact) mass is 423 g/mol. The molecule has 1 aliphatic rings. The molecular weight excluding hydrogens is 390 g/mol. The van der Waals surface area contributed by atoms with E-state index in [1.54, 1.807) is 0 Å². The number of hydrogen-bond acceptors (Lipinski definition) is 4. The van der Waals surface area contributed by atoms with E-state index in [1.807, 2.05) is 27.7 Å². The van der Waals surface area contributed by atoms with Gasteiger partial charge in [0.05, 0.1) is 0 Å². The van der Waals surface area contributed by atoms with Gasteiger partial charge in [0.25, 0.3) is 0 Å². The Balaban J connectivity index is 1.57. The van der Waals surface area contributed by atoms with Gasteiger partial charge in [0.15, 0.2) is 0 Å². The van der Waals surface area contributed by atoms with Crippen molar-refractivity contribution in [3.8, 4) is 0 Å². The van der Waals surface area contributed by atoms with Gasteiger partial charge >= 0.3 is 5.63 Å². The molecule has 0 radical (unpaired) electrons. The molecule has 3 aromatic rings. The molecule has 0 atom stereocenters. The molecule has 0 saturated heterocycles. The zero-order valence-corrected chi connectivity index (χ0v) is 19.2. The molecule has 2 aromatic heterocycles. The number of nitrogens with one attached hydrogen (secondary N) is 1. The number of carbonyl (C=O) groups is 1. The molecular formula is C26H33NO4. The summed E-state index contributed by atoms with van der Waals surface area (Å²) >= 11 is 0. The van der Waals surface area contributed by atoms with Gasteiger partial charge in [0.2, 0.25) is 5.91 Å². The predicted molar refractivity (Wildman–Crippen MR) is 124 cm³/mol. The van der Waals surface area contributed by atoms with Crippen LogP contribution in [0.25, 0.3) is 21.9 Å². The maximum absolute atomic E-state index is 12.8. The molecule has 1 N–H and O–H groups in total. The summed E-state index contributed by atoms with van der Waals surface area (Å²) in [6.07, 6.45) is 8.99. The molecule has 1 saturated carbocycles. The van der Waals surface area contributed by atoms with Gasteiger partial charge in [-0.1, -0.05) is 32.1 Å². The third-order valence-electron chi connectivity index (χ3n) is 7.02. The first-order valence-corrected chi connectivity index (χ1v) is 11.6. The SMILES string of the molecule is Cc1oc2c(C)c3oc(=O)c(CCC(=O)NC4CCCCCCC4)c(C)c3cc2c1C. The van der Waals surface area contributed by atoms with Gasteiger partial charge in [-0.15, -0.1) is 0 Å². The van der Waals surface area contributed by atoms with Crippen LogP contribution < -0.4 is 10.9 Å². The highest BCUT2D eigenvalue weighted by Crippen LogP contribution is 2.34. The van der Waals surface area contributed by atoms with E-state index >= 15 is 0 Å². The van der Waals surface area contributed by atoms with Crippen LogP contribution in [0.5, 0.6) is 0 Å². The standard InChI is InChI=1S/C26H33NO4/c1-15-18(4)30-24-17(3)25-22(14-21(15)24)16(2)20(26(29)31-25)12-13-23(28)27-19-10-8-6-5-7-9-11-19/h14,19H,5-13H2,1-4H3,(H,27,28). The molecule has 1 aromatic carbocycles. The summed E-state index contributed by atoms with van der Waals surface area (Å²) in [5, 5.41) is 5.16. The number of aryl methyl sites for hydroxylation is 4. The lowest BCUT2D eigenvalue weighted by Crippen LogP contribution is -2.35. The van der Waals surface area contributed by atoms with Crippen molar-refractivity contribution in [2.24, 2.45) is 0 Å². The van der Waals surface area contributed by atoms with Gasteiger partial charge < -0.3 is 14.2 Å². The fourth-order valence-electron chi connectivity index (χ4n) is 4.92. The van der Waals surface area contributed by atoms with E-state index in [2.05, 4.69) is 11.4 Å². The fourth-order valence-corrected chi connectivity index (χ4v) is 4.92. The van der Waals surface area contributed by atoms with E-state index < -0.39 is 0 Å². The molecule has 166 valence electrons. The summed E-state index contributed by atoms with van der Waals surface area (Å²) in [5.41, 5.74) is 4.43. The lowest BCUT2D eigenvalue weighted by Gasteiger charge is -2.21. The molecule has 5 nitrogen and oxygen atoms in total. The first-order valence-electron chi connectivity index (χ1n) is 11.6. The smallest absolute Gasteiger partial charge is 0.339 e. The number of carbonyl (C=O) groups excluding carboxylic acids is 1. The van der Waals surface area contributed by atoms with Crippen LogP contribution in [-0.2, 0) is 11.2 Å². The number of rotatable bonds is 4. The zero-order chi connectivity index (χ0) is 22.1. The van der Waals surface area contributed by atoms with E-state index in [1.165, 1.54) is 32.1 Å². The summed E-state index contributed by atoms with van der Waals surface area (Å²) in [6.45, 7) is 7.87. The molecule has 2 heterocycles. The van der Waals surface area contributed by atoms with Crippen molar-refractivity contribution in [1.82, 2.24) is 5.32 Å². The largest absolute Gasteiger partial charge is 0.461 e. The number of furan rings is 1. The zero-order valence-electron chi connectivity index (χ0n) is 19.2. The third kappa shape index (κ3) is 4.28. The van der Waals surface area contributed by atoms with Crippen LogP contribution in [0, 0.1) is 27.7 Å². The van der Waals surface area contributed by atoms with Crippen molar-refractivity contribution in [3.63, 3.8) is 0 Å². The van der Waals surface area contributed by atoms with E-state index in [-0.39, 0.29) is 17.6 Å². The normalized spacial score (nSPS) is 15.9. The van der Waals surface area contributed by atoms with E-state index in [0.717, 1.165) is 51.6 Å². The van der Waals surface area contributed by atoms with Gasteiger partial charge in [-0.25, -0.2) is 4.79 Å². The van der Waals surface area contributed by atoms with Crippen LogP contribution in [0.2, 0.25) is 0 Å². The second-order valence-electron chi connectivity index (χ2n) is 9.14. The Bertz CT molecular complexity index is 1180. The molecule has 1 aliphatic carbocycles. The average Bonchev–Trinajstić information content (AvgIpc) is 2.99. The van der Waals surface area contributed by atoms with Crippen molar-refractivity contribution in [2.45, 2.75) is 91.5 Å². The van der Waals surface area contributed by atoms with Crippen molar-refractivity contribution < 1.29 is 13.6 Å². The van der Waals surface area contributed by atoms with Crippen molar-refractivity contribution in [2.75, 3.05) is 0 Å². The predicted octanol–water partition coefficient (Wildman–Crippen LogP) is 5.93. The Hall–Kier alpha value is -2.56. The molecule has 4 rings (SSSR count). The fraction of sp³-hybridized carbons (Fsp3) is 0.538. The van der Waals surface area contributed by atoms with Gasteiger partial charge in [-0.3, -0.25) is 4.79 Å². The Morgan fingerprint density at radius 1 is 0.903 bits per heavy atom.